The molecule has 0 saturated carbocycles. The number of carbonyl (C=O) groups excluding carboxylic acids is 3. The Morgan fingerprint density at radius 1 is 0.755 bits per heavy atom. The van der Waals surface area contributed by atoms with Gasteiger partial charge in [0.25, 0.3) is 0 Å². The third kappa shape index (κ3) is 6.46. The second-order valence-electron chi connectivity index (χ2n) is 12.3. The first kappa shape index (κ1) is 33.3. The molecule has 1 spiro atoms. The Morgan fingerprint density at radius 3 is 2.10 bits per heavy atom. The molecule has 8 nitrogen and oxygen atoms in total. The zero-order chi connectivity index (χ0) is 34.7. The zero-order valence-corrected chi connectivity index (χ0v) is 28.0. The van der Waals surface area contributed by atoms with Crippen LogP contribution in [0.25, 0.3) is 0 Å². The average molecular weight is 658 g/mol. The van der Waals surface area contributed by atoms with Crippen LogP contribution < -0.4 is 9.64 Å². The third-order valence-corrected chi connectivity index (χ3v) is 9.23. The minimum Gasteiger partial charge on any atom is -0.461 e. The zero-order valence-electron chi connectivity index (χ0n) is 28.0. The van der Waals surface area contributed by atoms with Crippen LogP contribution in [0, 0.1) is 20.8 Å². The van der Waals surface area contributed by atoms with Crippen LogP contribution in [-0.2, 0) is 42.2 Å². The van der Waals surface area contributed by atoms with Gasteiger partial charge >= 0.3 is 17.9 Å². The summed E-state index contributed by atoms with van der Waals surface area (Å²) >= 11 is 0. The van der Waals surface area contributed by atoms with Crippen molar-refractivity contribution in [1.29, 1.82) is 0 Å². The van der Waals surface area contributed by atoms with Crippen molar-refractivity contribution >= 4 is 23.6 Å². The number of esters is 3. The van der Waals surface area contributed by atoms with Crippen LogP contribution >= 0.6 is 0 Å². The Kier molecular flexibility index (Phi) is 9.40. The first-order valence-corrected chi connectivity index (χ1v) is 16.3. The number of hydrogen-bond donors (Lipinski definition) is 0. The minimum atomic E-state index is -1.22. The number of anilines is 1. The van der Waals surface area contributed by atoms with Gasteiger partial charge in [0.2, 0.25) is 0 Å². The molecule has 1 unspecified atom stereocenters. The van der Waals surface area contributed by atoms with E-state index < -0.39 is 23.5 Å². The van der Waals surface area contributed by atoms with Crippen LogP contribution in [0.4, 0.5) is 5.69 Å². The van der Waals surface area contributed by atoms with E-state index in [-0.39, 0.29) is 13.2 Å². The molecule has 0 bridgehead atoms. The van der Waals surface area contributed by atoms with Gasteiger partial charge in [-0.1, -0.05) is 55.1 Å². The maximum absolute atomic E-state index is 13.5. The Balaban J connectivity index is 1.40. The van der Waals surface area contributed by atoms with Crippen LogP contribution in [0.2, 0.25) is 0 Å². The highest BCUT2D eigenvalue weighted by Gasteiger charge is 2.53. The largest absolute Gasteiger partial charge is 0.461 e. The van der Waals surface area contributed by atoms with Gasteiger partial charge in [-0.05, 0) is 86.2 Å². The molecule has 0 aliphatic carbocycles. The van der Waals surface area contributed by atoms with Gasteiger partial charge in [0.15, 0.2) is 5.60 Å². The van der Waals surface area contributed by atoms with E-state index in [0.29, 0.717) is 35.7 Å². The number of hydrogen-bond acceptors (Lipinski definition) is 8. The first-order chi connectivity index (χ1) is 23.6. The lowest BCUT2D eigenvalue weighted by Gasteiger charge is -2.38. The second-order valence-corrected chi connectivity index (χ2v) is 12.3. The summed E-state index contributed by atoms with van der Waals surface area (Å²) in [6.07, 6.45) is 3.90. The smallest absolute Gasteiger partial charge is 0.340 e. The van der Waals surface area contributed by atoms with Gasteiger partial charge in [-0.3, -0.25) is 0 Å². The lowest BCUT2D eigenvalue weighted by molar-refractivity contribution is -0.137. The SMILES string of the molecule is C=CC(=O)OCCN(CCOC(=O)C=C)c1ccc2c(c1)Oc1cc(C)c(CCc3ccc(C)cc3C)cc1C21OC(=O)c2ccccc21. The highest BCUT2D eigenvalue weighted by atomic mass is 16.6. The summed E-state index contributed by atoms with van der Waals surface area (Å²) < 4.78 is 23.6. The van der Waals surface area contributed by atoms with E-state index in [4.69, 9.17) is 18.9 Å². The van der Waals surface area contributed by atoms with Crippen molar-refractivity contribution in [2.45, 2.75) is 39.2 Å². The highest BCUT2D eigenvalue weighted by molar-refractivity contribution is 5.97. The molecule has 6 rings (SSSR count). The Labute approximate surface area is 286 Å². The van der Waals surface area contributed by atoms with E-state index >= 15 is 0 Å². The number of carbonyl (C=O) groups is 3. The summed E-state index contributed by atoms with van der Waals surface area (Å²) in [6.45, 7) is 14.0. The van der Waals surface area contributed by atoms with Crippen molar-refractivity contribution in [3.05, 3.63) is 148 Å². The molecule has 1 atom stereocenters. The summed E-state index contributed by atoms with van der Waals surface area (Å²) in [5.41, 5.74) is 8.29. The predicted octanol–water partition coefficient (Wildman–Crippen LogP) is 7.23. The monoisotopic (exact) mass is 657 g/mol. The normalized spacial score (nSPS) is 15.3. The highest BCUT2D eigenvalue weighted by Crippen LogP contribution is 2.57. The standard InChI is InChI=1S/C41H39NO7/c1-6-38(43)46-20-18-42(19-21-47-39(44)7-2)31-16-17-34-37(25-31)48-36-23-28(5)30(15-14-29-13-12-26(3)22-27(29)4)24-35(36)41(34)33-11-9-8-10-32(33)40(45)49-41/h6-13,16-17,22-25H,1-2,14-15,18-21H2,3-5H3. The molecule has 0 aromatic heterocycles. The molecular formula is C41H39NO7. The van der Waals surface area contributed by atoms with E-state index in [1.165, 1.54) is 16.7 Å². The fourth-order valence-electron chi connectivity index (χ4n) is 6.72. The van der Waals surface area contributed by atoms with Crippen molar-refractivity contribution in [1.82, 2.24) is 0 Å². The van der Waals surface area contributed by atoms with Crippen LogP contribution in [0.1, 0.15) is 54.9 Å². The number of rotatable bonds is 12. The summed E-state index contributed by atoms with van der Waals surface area (Å²) in [6, 6.07) is 23.9. The summed E-state index contributed by atoms with van der Waals surface area (Å²) in [5.74, 6) is -0.335. The van der Waals surface area contributed by atoms with Gasteiger partial charge in [0, 0.05) is 40.6 Å². The molecule has 4 aromatic rings. The molecule has 0 amide bonds. The van der Waals surface area contributed by atoms with Gasteiger partial charge in [-0.15, -0.1) is 0 Å². The molecular weight excluding hydrogens is 618 g/mol. The predicted molar refractivity (Wildman–Crippen MR) is 187 cm³/mol. The van der Waals surface area contributed by atoms with Gasteiger partial charge in [-0.2, -0.15) is 0 Å². The average Bonchev–Trinajstić information content (AvgIpc) is 3.39. The van der Waals surface area contributed by atoms with Crippen LogP contribution in [0.5, 0.6) is 11.5 Å². The molecule has 0 radical (unpaired) electrons. The van der Waals surface area contributed by atoms with E-state index in [1.807, 2.05) is 47.4 Å². The van der Waals surface area contributed by atoms with Crippen molar-refractivity contribution < 1.29 is 33.3 Å². The molecule has 4 aromatic carbocycles. The van der Waals surface area contributed by atoms with E-state index in [9.17, 15) is 14.4 Å². The summed E-state index contributed by atoms with van der Waals surface area (Å²) in [4.78, 5) is 38.9. The first-order valence-electron chi connectivity index (χ1n) is 16.3. The maximum atomic E-state index is 13.5. The third-order valence-electron chi connectivity index (χ3n) is 9.23. The minimum absolute atomic E-state index is 0.0834. The van der Waals surface area contributed by atoms with Crippen molar-refractivity contribution in [2.75, 3.05) is 31.2 Å². The van der Waals surface area contributed by atoms with Gasteiger partial charge in [-0.25, -0.2) is 14.4 Å². The Morgan fingerprint density at radius 2 is 1.41 bits per heavy atom. The Bertz CT molecular complexity index is 1950. The molecule has 0 N–H and O–H groups in total. The molecule has 0 fully saturated rings. The van der Waals surface area contributed by atoms with Crippen LogP contribution in [-0.4, -0.2) is 44.2 Å². The summed E-state index contributed by atoms with van der Waals surface area (Å²) in [5, 5.41) is 0. The molecule has 0 saturated heterocycles. The molecule has 49 heavy (non-hydrogen) atoms. The van der Waals surface area contributed by atoms with Gasteiger partial charge in [0.1, 0.15) is 24.7 Å². The number of ether oxygens (including phenoxy) is 4. The van der Waals surface area contributed by atoms with E-state index in [0.717, 1.165) is 52.9 Å². The van der Waals surface area contributed by atoms with Crippen molar-refractivity contribution in [2.24, 2.45) is 0 Å². The topological polar surface area (TPSA) is 91.4 Å². The molecule has 2 aliphatic heterocycles. The van der Waals surface area contributed by atoms with Crippen LogP contribution in [0.3, 0.4) is 0 Å². The quantitative estimate of drug-likeness (QED) is 0.0896. The molecule has 2 heterocycles. The fraction of sp³-hybridized carbons (Fsp3) is 0.244. The molecule has 8 heteroatoms. The van der Waals surface area contributed by atoms with E-state index in [1.54, 1.807) is 6.07 Å². The second kappa shape index (κ2) is 13.8. The Hall–Kier alpha value is -5.63. The van der Waals surface area contributed by atoms with Crippen molar-refractivity contribution in [3.63, 3.8) is 0 Å². The maximum Gasteiger partial charge on any atom is 0.340 e. The number of nitrogens with zero attached hydrogens (tertiary/aromatic N) is 1. The lowest BCUT2D eigenvalue weighted by atomic mass is 9.76. The van der Waals surface area contributed by atoms with E-state index in [2.05, 4.69) is 58.2 Å². The number of fused-ring (bicyclic) bond motifs is 6. The van der Waals surface area contributed by atoms with Crippen LogP contribution in [0.15, 0.2) is 98.1 Å². The lowest BCUT2D eigenvalue weighted by Crippen LogP contribution is -2.34. The molecule has 250 valence electrons. The number of aryl methyl sites for hydroxylation is 5. The molecule has 2 aliphatic rings. The number of benzene rings is 4. The van der Waals surface area contributed by atoms with Crippen molar-refractivity contribution in [3.8, 4) is 11.5 Å². The van der Waals surface area contributed by atoms with Gasteiger partial charge in [0.05, 0.1) is 18.7 Å². The fourth-order valence-corrected chi connectivity index (χ4v) is 6.72. The van der Waals surface area contributed by atoms with Gasteiger partial charge < -0.3 is 23.8 Å². The summed E-state index contributed by atoms with van der Waals surface area (Å²) in [7, 11) is 0.